The molecule has 1 atom stereocenters. The van der Waals surface area contributed by atoms with Crippen LogP contribution in [0.15, 0.2) is 72.4 Å². The van der Waals surface area contributed by atoms with Crippen molar-refractivity contribution in [2.45, 2.75) is 32.0 Å². The Morgan fingerprint density at radius 1 is 1.18 bits per heavy atom. The third-order valence-corrected chi connectivity index (χ3v) is 7.91. The lowest BCUT2D eigenvalue weighted by molar-refractivity contribution is -0.112. The number of pyridine rings is 1. The second-order valence-electron chi connectivity index (χ2n) is 10.9. The van der Waals surface area contributed by atoms with E-state index in [-0.39, 0.29) is 24.4 Å². The van der Waals surface area contributed by atoms with E-state index in [1.54, 1.807) is 54.6 Å². The predicted octanol–water partition coefficient (Wildman–Crippen LogP) is 6.20. The first-order valence-electron chi connectivity index (χ1n) is 14.7. The van der Waals surface area contributed by atoms with Gasteiger partial charge < -0.3 is 35.3 Å². The van der Waals surface area contributed by atoms with Crippen LogP contribution in [0.25, 0.3) is 10.9 Å². The number of aromatic nitrogens is 1. The summed E-state index contributed by atoms with van der Waals surface area (Å²) in [7, 11) is 0. The number of nitriles is 1. The van der Waals surface area contributed by atoms with E-state index in [9.17, 15) is 15.2 Å². The van der Waals surface area contributed by atoms with Gasteiger partial charge in [0, 0.05) is 35.8 Å². The van der Waals surface area contributed by atoms with Crippen LogP contribution in [0.1, 0.15) is 30.4 Å². The van der Waals surface area contributed by atoms with Crippen LogP contribution in [0.4, 0.5) is 17.1 Å². The zero-order valence-electron chi connectivity index (χ0n) is 24.4. The van der Waals surface area contributed by atoms with E-state index >= 15 is 0 Å². The van der Waals surface area contributed by atoms with Gasteiger partial charge in [0.15, 0.2) is 0 Å². The first-order chi connectivity index (χ1) is 21.9. The minimum Gasteiger partial charge on any atom is -0.508 e. The van der Waals surface area contributed by atoms with Crippen molar-refractivity contribution >= 4 is 45.5 Å². The third-order valence-electron chi connectivity index (χ3n) is 7.62. The molecule has 0 radical (unpaired) electrons. The zero-order chi connectivity index (χ0) is 31.2. The summed E-state index contributed by atoms with van der Waals surface area (Å²) in [5, 5.41) is 30.3. The van der Waals surface area contributed by atoms with Crippen LogP contribution in [0.3, 0.4) is 0 Å². The molecule has 1 unspecified atom stereocenters. The molecule has 6 rings (SSSR count). The van der Waals surface area contributed by atoms with E-state index < -0.39 is 0 Å². The van der Waals surface area contributed by atoms with E-state index in [1.165, 1.54) is 6.20 Å². The van der Waals surface area contributed by atoms with E-state index in [4.69, 9.17) is 25.8 Å². The number of amides is 1. The first-order valence-corrected chi connectivity index (χ1v) is 15.1. The summed E-state index contributed by atoms with van der Waals surface area (Å²) in [6, 6.07) is 17.8. The quantitative estimate of drug-likeness (QED) is 0.160. The summed E-state index contributed by atoms with van der Waals surface area (Å²) >= 11 is 6.57. The van der Waals surface area contributed by atoms with Gasteiger partial charge in [0.05, 0.1) is 40.7 Å². The van der Waals surface area contributed by atoms with Gasteiger partial charge >= 0.3 is 0 Å². The highest BCUT2D eigenvalue weighted by Crippen LogP contribution is 2.38. The van der Waals surface area contributed by atoms with Crippen molar-refractivity contribution in [2.24, 2.45) is 0 Å². The summed E-state index contributed by atoms with van der Waals surface area (Å²) in [4.78, 5) is 17.6. The average Bonchev–Trinajstić information content (AvgIpc) is 3.55. The van der Waals surface area contributed by atoms with Crippen LogP contribution in [0.2, 0.25) is 5.02 Å². The van der Waals surface area contributed by atoms with Crippen molar-refractivity contribution in [2.75, 3.05) is 36.9 Å². The van der Waals surface area contributed by atoms with Crippen molar-refractivity contribution in [1.82, 2.24) is 10.3 Å². The van der Waals surface area contributed by atoms with Gasteiger partial charge in [0.2, 0.25) is 5.91 Å². The molecule has 0 aliphatic carbocycles. The number of halogens is 1. The Balaban J connectivity index is 1.30. The molecular formula is C34H32ClN5O5. The third kappa shape index (κ3) is 7.46. The van der Waals surface area contributed by atoms with Crippen LogP contribution < -0.4 is 25.4 Å². The number of hydrogen-bond acceptors (Lipinski definition) is 9. The number of fused-ring (bicyclic) bond motifs is 1. The highest BCUT2D eigenvalue weighted by molar-refractivity contribution is 6.32. The number of nitrogens with zero attached hydrogens (tertiary/aromatic N) is 2. The lowest BCUT2D eigenvalue weighted by atomic mass is 10.0. The molecule has 1 aromatic heterocycles. The summed E-state index contributed by atoms with van der Waals surface area (Å²) in [6.45, 7) is 2.99. The smallest absolute Gasteiger partial charge is 0.248 e. The fourth-order valence-corrected chi connectivity index (χ4v) is 5.55. The van der Waals surface area contributed by atoms with E-state index in [0.717, 1.165) is 43.5 Å². The molecule has 2 aliphatic heterocycles. The number of hydrogen-bond donors (Lipinski definition) is 4. The normalized spacial score (nSPS) is 16.2. The van der Waals surface area contributed by atoms with Crippen molar-refractivity contribution in [1.29, 1.82) is 5.26 Å². The number of carbonyl (C=O) groups excluding carboxylic acids is 1. The van der Waals surface area contributed by atoms with Crippen LogP contribution in [-0.2, 0) is 16.1 Å². The molecule has 230 valence electrons. The number of carbonyl (C=O) groups is 1. The number of aromatic hydroxyl groups is 1. The van der Waals surface area contributed by atoms with Gasteiger partial charge in [0.1, 0.15) is 36.0 Å². The van der Waals surface area contributed by atoms with Gasteiger partial charge in [-0.15, -0.1) is 0 Å². The van der Waals surface area contributed by atoms with E-state index in [0.29, 0.717) is 63.3 Å². The number of phenols is 1. The van der Waals surface area contributed by atoms with Gasteiger partial charge in [-0.1, -0.05) is 29.3 Å². The zero-order valence-corrected chi connectivity index (χ0v) is 25.2. The standard InChI is InChI=1S/C34H32ClN5O5/c35-28-14-24(4-5-31(28)44-19-22-2-1-3-25(41)12-22)39-34-23(17-36)18-38-29-16-32(45-26-8-11-43-20-26)30(15-27(29)34)40-33(42)13-21-6-9-37-10-7-21/h1-5,12-16,18,26,37,41H,6-11,19-20H2,(H,38,39)(H,40,42). The molecule has 0 spiro atoms. The maximum atomic E-state index is 13.1. The molecular weight excluding hydrogens is 594 g/mol. The Morgan fingerprint density at radius 2 is 2.04 bits per heavy atom. The lowest BCUT2D eigenvalue weighted by Gasteiger charge is -2.19. The number of ether oxygens (including phenoxy) is 3. The van der Waals surface area contributed by atoms with E-state index in [2.05, 4.69) is 27.0 Å². The van der Waals surface area contributed by atoms with Gasteiger partial charge in [-0.05, 0) is 67.9 Å². The second-order valence-corrected chi connectivity index (χ2v) is 11.3. The average molecular weight is 626 g/mol. The SMILES string of the molecule is N#Cc1cnc2cc(OC3CCOC3)c(NC(=O)C=C3CCNCC3)cc2c1Nc1ccc(OCc2cccc(O)c2)c(Cl)c1. The Labute approximate surface area is 265 Å². The number of rotatable bonds is 9. The van der Waals surface area contributed by atoms with Gasteiger partial charge in [-0.2, -0.15) is 5.26 Å². The summed E-state index contributed by atoms with van der Waals surface area (Å²) in [5.41, 5.74) is 4.38. The van der Waals surface area contributed by atoms with E-state index in [1.807, 2.05) is 6.07 Å². The maximum absolute atomic E-state index is 13.1. The summed E-state index contributed by atoms with van der Waals surface area (Å²) in [5.74, 6) is 0.865. The van der Waals surface area contributed by atoms with Crippen LogP contribution in [0, 0.1) is 11.3 Å². The van der Waals surface area contributed by atoms with Crippen molar-refractivity contribution in [3.05, 3.63) is 88.6 Å². The summed E-state index contributed by atoms with van der Waals surface area (Å²) in [6.07, 6.45) is 5.39. The fraction of sp³-hybridized carbons (Fsp3) is 0.265. The molecule has 4 aromatic rings. The molecule has 0 bridgehead atoms. The van der Waals surface area contributed by atoms with Crippen LogP contribution in [0.5, 0.6) is 17.2 Å². The maximum Gasteiger partial charge on any atom is 0.248 e. The first kappa shape index (κ1) is 30.2. The Morgan fingerprint density at radius 3 is 2.80 bits per heavy atom. The van der Waals surface area contributed by atoms with Crippen molar-refractivity contribution < 1.29 is 24.1 Å². The molecule has 2 saturated heterocycles. The molecule has 2 aliphatic rings. The number of anilines is 3. The molecule has 3 aromatic carbocycles. The lowest BCUT2D eigenvalue weighted by Crippen LogP contribution is -2.24. The van der Waals surface area contributed by atoms with Crippen molar-refractivity contribution in [3.63, 3.8) is 0 Å². The second kappa shape index (κ2) is 13.9. The highest BCUT2D eigenvalue weighted by Gasteiger charge is 2.22. The van der Waals surface area contributed by atoms with Crippen LogP contribution >= 0.6 is 11.6 Å². The Bertz CT molecular complexity index is 1790. The molecule has 2 fully saturated rings. The van der Waals surface area contributed by atoms with Gasteiger partial charge in [-0.25, -0.2) is 0 Å². The minimum atomic E-state index is -0.245. The molecule has 0 saturated carbocycles. The number of piperidine rings is 1. The largest absolute Gasteiger partial charge is 0.508 e. The molecule has 11 heteroatoms. The number of nitrogens with one attached hydrogen (secondary N) is 3. The number of benzene rings is 3. The number of phenolic OH excluding ortho intramolecular Hbond substituents is 1. The van der Waals surface area contributed by atoms with Gasteiger partial charge in [0.25, 0.3) is 0 Å². The molecule has 10 nitrogen and oxygen atoms in total. The topological polar surface area (TPSA) is 138 Å². The van der Waals surface area contributed by atoms with Crippen LogP contribution in [-0.4, -0.2) is 48.4 Å². The summed E-state index contributed by atoms with van der Waals surface area (Å²) < 4.78 is 17.6. The monoisotopic (exact) mass is 625 g/mol. The van der Waals surface area contributed by atoms with Gasteiger partial charge in [-0.3, -0.25) is 9.78 Å². The fourth-order valence-electron chi connectivity index (χ4n) is 5.31. The Kier molecular flexibility index (Phi) is 9.31. The molecule has 45 heavy (non-hydrogen) atoms. The molecule has 4 N–H and O–H groups in total. The predicted molar refractivity (Wildman–Crippen MR) is 172 cm³/mol. The minimum absolute atomic E-state index is 0.146. The highest BCUT2D eigenvalue weighted by atomic mass is 35.5. The van der Waals surface area contributed by atoms with Crippen molar-refractivity contribution in [3.8, 4) is 23.3 Å². The Hall–Kier alpha value is -4.82. The molecule has 3 heterocycles. The molecule has 1 amide bonds.